The third-order valence-corrected chi connectivity index (χ3v) is 2.46. The first-order valence-electron chi connectivity index (χ1n) is 5.10. The highest BCUT2D eigenvalue weighted by atomic mass is 19.4. The lowest BCUT2D eigenvalue weighted by atomic mass is 9.99. The highest BCUT2D eigenvalue weighted by Crippen LogP contribution is 2.40. The molecule has 1 aromatic carbocycles. The maximum Gasteiger partial charge on any atom is 0.416 e. The van der Waals surface area contributed by atoms with Gasteiger partial charge in [0.05, 0.1) is 18.2 Å². The van der Waals surface area contributed by atoms with Crippen LogP contribution in [0, 0.1) is 0 Å². The van der Waals surface area contributed by atoms with Crippen LogP contribution in [-0.4, -0.2) is 23.4 Å². The van der Waals surface area contributed by atoms with Crippen LogP contribution in [0.2, 0.25) is 0 Å². The van der Waals surface area contributed by atoms with Gasteiger partial charge >= 0.3 is 6.18 Å². The molecular formula is C11H14F3NO3. The van der Waals surface area contributed by atoms with Gasteiger partial charge in [0.1, 0.15) is 17.6 Å². The predicted molar refractivity (Wildman–Crippen MR) is 58.3 cm³/mol. The van der Waals surface area contributed by atoms with Crippen LogP contribution in [0.5, 0.6) is 11.5 Å². The maximum atomic E-state index is 12.5. The molecular weight excluding hydrogens is 251 g/mol. The van der Waals surface area contributed by atoms with Crippen molar-refractivity contribution in [2.24, 2.45) is 5.73 Å². The Hall–Kier alpha value is -1.47. The molecule has 0 radical (unpaired) electrons. The topological polar surface area (TPSA) is 75.7 Å². The molecule has 1 aromatic rings. The minimum Gasteiger partial charge on any atom is -0.507 e. The van der Waals surface area contributed by atoms with Gasteiger partial charge in [-0.3, -0.25) is 0 Å². The number of benzene rings is 1. The van der Waals surface area contributed by atoms with Crippen LogP contribution in [-0.2, 0) is 6.18 Å². The van der Waals surface area contributed by atoms with Gasteiger partial charge in [0.25, 0.3) is 0 Å². The number of rotatable bonds is 3. The number of phenolic OH excluding ortho intramolecular Hbond substituents is 1. The van der Waals surface area contributed by atoms with Gasteiger partial charge in [-0.1, -0.05) is 0 Å². The van der Waals surface area contributed by atoms with Crippen molar-refractivity contribution >= 4 is 0 Å². The summed E-state index contributed by atoms with van der Waals surface area (Å²) in [6.07, 6.45) is -5.93. The summed E-state index contributed by atoms with van der Waals surface area (Å²) in [5.41, 5.74) is 4.24. The molecule has 0 aromatic heterocycles. The molecule has 1 rings (SSSR count). The summed E-state index contributed by atoms with van der Waals surface area (Å²) in [4.78, 5) is 0. The number of hydrogen-bond acceptors (Lipinski definition) is 4. The Morgan fingerprint density at radius 3 is 2.28 bits per heavy atom. The molecule has 0 saturated heterocycles. The van der Waals surface area contributed by atoms with Gasteiger partial charge < -0.3 is 20.7 Å². The molecule has 0 aliphatic carbocycles. The summed E-state index contributed by atoms with van der Waals surface area (Å²) < 4.78 is 42.3. The minimum absolute atomic E-state index is 0.152. The van der Waals surface area contributed by atoms with E-state index in [0.717, 1.165) is 7.11 Å². The van der Waals surface area contributed by atoms with Crippen molar-refractivity contribution in [3.05, 3.63) is 23.3 Å². The van der Waals surface area contributed by atoms with E-state index in [1.165, 1.54) is 6.92 Å². The lowest BCUT2D eigenvalue weighted by molar-refractivity contribution is -0.137. The highest BCUT2D eigenvalue weighted by Gasteiger charge is 2.34. The second-order valence-electron chi connectivity index (χ2n) is 3.91. The van der Waals surface area contributed by atoms with E-state index in [0.29, 0.717) is 12.1 Å². The van der Waals surface area contributed by atoms with E-state index in [9.17, 15) is 23.4 Å². The lowest BCUT2D eigenvalue weighted by Gasteiger charge is -2.20. The monoisotopic (exact) mass is 265 g/mol. The zero-order chi connectivity index (χ0) is 14.1. The SMILES string of the molecule is COc1cc(C(F)(F)F)cc(O)c1C(O)C(C)N. The predicted octanol–water partition coefficient (Wildman–Crippen LogP) is 1.80. The largest absolute Gasteiger partial charge is 0.507 e. The van der Waals surface area contributed by atoms with E-state index in [4.69, 9.17) is 10.5 Å². The molecule has 0 amide bonds. The van der Waals surface area contributed by atoms with Gasteiger partial charge in [0, 0.05) is 6.04 Å². The first kappa shape index (κ1) is 14.6. The zero-order valence-electron chi connectivity index (χ0n) is 9.82. The Bertz CT molecular complexity index is 432. The van der Waals surface area contributed by atoms with Gasteiger partial charge in [-0.25, -0.2) is 0 Å². The van der Waals surface area contributed by atoms with Crippen molar-refractivity contribution in [1.29, 1.82) is 0 Å². The summed E-state index contributed by atoms with van der Waals surface area (Å²) >= 11 is 0. The van der Waals surface area contributed by atoms with Crippen molar-refractivity contribution in [2.45, 2.75) is 25.2 Å². The number of ether oxygens (including phenoxy) is 1. The molecule has 0 bridgehead atoms. The fraction of sp³-hybridized carbons (Fsp3) is 0.455. The van der Waals surface area contributed by atoms with Gasteiger partial charge in [-0.2, -0.15) is 13.2 Å². The Balaban J connectivity index is 3.38. The van der Waals surface area contributed by atoms with Gasteiger partial charge in [-0.05, 0) is 19.1 Å². The second kappa shape index (κ2) is 5.03. The second-order valence-corrected chi connectivity index (χ2v) is 3.91. The summed E-state index contributed by atoms with van der Waals surface area (Å²) in [6.45, 7) is 1.46. The number of phenols is 1. The van der Waals surface area contributed by atoms with Crippen molar-refractivity contribution < 1.29 is 28.1 Å². The molecule has 0 fully saturated rings. The van der Waals surface area contributed by atoms with Gasteiger partial charge in [0.2, 0.25) is 0 Å². The van der Waals surface area contributed by atoms with E-state index in [1.807, 2.05) is 0 Å². The van der Waals surface area contributed by atoms with Crippen molar-refractivity contribution in [3.63, 3.8) is 0 Å². The molecule has 2 atom stereocenters. The molecule has 0 aliphatic rings. The molecule has 102 valence electrons. The molecule has 7 heteroatoms. The Labute approximate surface area is 102 Å². The highest BCUT2D eigenvalue weighted by molar-refractivity contribution is 5.49. The number of hydrogen-bond donors (Lipinski definition) is 3. The quantitative estimate of drug-likeness (QED) is 0.779. The molecule has 0 saturated carbocycles. The molecule has 0 aliphatic heterocycles. The first-order chi connectivity index (χ1) is 8.18. The molecule has 18 heavy (non-hydrogen) atoms. The van der Waals surface area contributed by atoms with Crippen LogP contribution in [0.1, 0.15) is 24.2 Å². The minimum atomic E-state index is -4.61. The third-order valence-electron chi connectivity index (χ3n) is 2.46. The van der Waals surface area contributed by atoms with Crippen molar-refractivity contribution in [3.8, 4) is 11.5 Å². The Morgan fingerprint density at radius 1 is 1.33 bits per heavy atom. The number of alkyl halides is 3. The van der Waals surface area contributed by atoms with Crippen LogP contribution in [0.15, 0.2) is 12.1 Å². The number of halogens is 3. The Morgan fingerprint density at radius 2 is 1.89 bits per heavy atom. The number of nitrogens with two attached hydrogens (primary N) is 1. The number of aromatic hydroxyl groups is 1. The van der Waals surface area contributed by atoms with Gasteiger partial charge in [-0.15, -0.1) is 0 Å². The summed E-state index contributed by atoms with van der Waals surface area (Å²) in [6, 6.07) is 0.478. The molecule has 4 nitrogen and oxygen atoms in total. The Kier molecular flexibility index (Phi) is 4.08. The van der Waals surface area contributed by atoms with Crippen molar-refractivity contribution in [2.75, 3.05) is 7.11 Å². The maximum absolute atomic E-state index is 12.5. The van der Waals surface area contributed by atoms with E-state index < -0.39 is 29.6 Å². The standard InChI is InChI=1S/C11H14F3NO3/c1-5(15)10(17)9-7(16)3-6(11(12,13)14)4-8(9)18-2/h3-5,10,16-17H,15H2,1-2H3. The lowest BCUT2D eigenvalue weighted by Crippen LogP contribution is -2.25. The average Bonchev–Trinajstić information content (AvgIpc) is 2.25. The van der Waals surface area contributed by atoms with Crippen LogP contribution in [0.4, 0.5) is 13.2 Å². The first-order valence-corrected chi connectivity index (χ1v) is 5.10. The van der Waals surface area contributed by atoms with Crippen LogP contribution in [0.3, 0.4) is 0 Å². The van der Waals surface area contributed by atoms with Gasteiger partial charge in [0.15, 0.2) is 0 Å². The molecule has 2 unspecified atom stereocenters. The molecule has 4 N–H and O–H groups in total. The van der Waals surface area contributed by atoms with E-state index in [1.54, 1.807) is 0 Å². The van der Waals surface area contributed by atoms with E-state index in [-0.39, 0.29) is 11.3 Å². The van der Waals surface area contributed by atoms with E-state index in [2.05, 4.69) is 0 Å². The average molecular weight is 265 g/mol. The summed E-state index contributed by atoms with van der Waals surface area (Å²) in [7, 11) is 1.15. The smallest absolute Gasteiger partial charge is 0.416 e. The van der Waals surface area contributed by atoms with E-state index >= 15 is 0 Å². The van der Waals surface area contributed by atoms with Crippen molar-refractivity contribution in [1.82, 2.24) is 0 Å². The van der Waals surface area contributed by atoms with Crippen LogP contribution < -0.4 is 10.5 Å². The number of aliphatic hydroxyl groups excluding tert-OH is 1. The summed E-state index contributed by atoms with van der Waals surface area (Å²) in [5, 5.41) is 19.3. The number of aliphatic hydroxyl groups is 1. The molecule has 0 heterocycles. The molecule has 0 spiro atoms. The summed E-state index contributed by atoms with van der Waals surface area (Å²) in [5.74, 6) is -0.960. The van der Waals surface area contributed by atoms with Crippen LogP contribution >= 0.6 is 0 Å². The fourth-order valence-electron chi connectivity index (χ4n) is 1.50. The zero-order valence-corrected chi connectivity index (χ0v) is 9.82. The normalized spacial score (nSPS) is 15.3. The fourth-order valence-corrected chi connectivity index (χ4v) is 1.50. The van der Waals surface area contributed by atoms with Crippen LogP contribution in [0.25, 0.3) is 0 Å². The third kappa shape index (κ3) is 2.85. The number of methoxy groups -OCH3 is 1.